The van der Waals surface area contributed by atoms with Crippen LogP contribution in [0, 0.1) is 11.2 Å². The minimum absolute atomic E-state index is 0.00874. The first-order valence-corrected chi connectivity index (χ1v) is 10.7. The van der Waals surface area contributed by atoms with Gasteiger partial charge in [0.15, 0.2) is 5.69 Å². The Morgan fingerprint density at radius 2 is 2.03 bits per heavy atom. The van der Waals surface area contributed by atoms with Gasteiger partial charge in [0.25, 0.3) is 5.91 Å². The monoisotopic (exact) mass is 449 g/mol. The van der Waals surface area contributed by atoms with E-state index >= 15 is 0 Å². The minimum atomic E-state index is -0.808. The number of fused-ring (bicyclic) bond motifs is 1. The van der Waals surface area contributed by atoms with Crippen molar-refractivity contribution < 1.29 is 14.0 Å². The number of carbonyl (C=O) groups excluding carboxylic acids is 2. The molecule has 168 valence electrons. The van der Waals surface area contributed by atoms with E-state index < -0.39 is 23.7 Å². The summed E-state index contributed by atoms with van der Waals surface area (Å²) >= 11 is 5.99. The maximum absolute atomic E-state index is 13.7. The summed E-state index contributed by atoms with van der Waals surface area (Å²) in [5.74, 6) is -1.01. The van der Waals surface area contributed by atoms with Gasteiger partial charge in [0, 0.05) is 18.7 Å². The van der Waals surface area contributed by atoms with E-state index in [1.54, 1.807) is 6.07 Å². The van der Waals surface area contributed by atoms with Crippen molar-refractivity contribution in [2.75, 3.05) is 13.6 Å². The molecule has 9 heteroatoms. The lowest BCUT2D eigenvalue weighted by Crippen LogP contribution is -2.46. The van der Waals surface area contributed by atoms with E-state index in [2.05, 4.69) is 15.2 Å². The predicted octanol–water partition coefficient (Wildman–Crippen LogP) is 3.20. The molecule has 1 aromatic heterocycles. The van der Waals surface area contributed by atoms with Crippen LogP contribution in [0.5, 0.6) is 0 Å². The number of nitrogens with two attached hydrogens (primary N) is 1. The van der Waals surface area contributed by atoms with Gasteiger partial charge in [-0.3, -0.25) is 9.59 Å². The van der Waals surface area contributed by atoms with Gasteiger partial charge in [-0.1, -0.05) is 32.4 Å². The quantitative estimate of drug-likeness (QED) is 0.733. The Morgan fingerprint density at radius 1 is 1.32 bits per heavy atom. The zero-order valence-corrected chi connectivity index (χ0v) is 19.1. The van der Waals surface area contributed by atoms with Crippen molar-refractivity contribution in [2.24, 2.45) is 11.1 Å². The zero-order valence-electron chi connectivity index (χ0n) is 18.3. The molecule has 1 aliphatic heterocycles. The maximum atomic E-state index is 13.7. The third kappa shape index (κ3) is 5.43. The number of halogens is 2. The van der Waals surface area contributed by atoms with Crippen LogP contribution in [-0.4, -0.2) is 45.9 Å². The highest BCUT2D eigenvalue weighted by Crippen LogP contribution is 2.29. The normalized spacial score (nSPS) is 15.8. The molecular weight excluding hydrogens is 421 g/mol. The number of nitrogens with zero attached hydrogens (tertiary/aromatic N) is 3. The van der Waals surface area contributed by atoms with Crippen molar-refractivity contribution in [2.45, 2.75) is 52.7 Å². The maximum Gasteiger partial charge on any atom is 0.272 e. The van der Waals surface area contributed by atoms with Crippen LogP contribution in [0.1, 0.15) is 49.8 Å². The van der Waals surface area contributed by atoms with Crippen LogP contribution < -0.4 is 11.1 Å². The van der Waals surface area contributed by atoms with Crippen LogP contribution in [0.25, 0.3) is 11.4 Å². The number of benzene rings is 1. The fourth-order valence-corrected chi connectivity index (χ4v) is 4.00. The summed E-state index contributed by atoms with van der Waals surface area (Å²) in [7, 11) is 1.98. The predicted molar refractivity (Wildman–Crippen MR) is 118 cm³/mol. The average molecular weight is 450 g/mol. The molecule has 1 aromatic carbocycles. The highest BCUT2D eigenvalue weighted by Gasteiger charge is 2.30. The SMILES string of the molecule is CN1CCCn2c(-c3ccc(F)c(Cl)c3)nc(C(=O)N[C@@H](CC(C)(C)C)C(N)=O)c2C1. The number of nitrogens with one attached hydrogen (secondary N) is 1. The largest absolute Gasteiger partial charge is 0.368 e. The zero-order chi connectivity index (χ0) is 22.9. The molecule has 0 saturated carbocycles. The van der Waals surface area contributed by atoms with Crippen LogP contribution >= 0.6 is 11.6 Å². The molecule has 1 atom stereocenters. The van der Waals surface area contributed by atoms with Crippen molar-refractivity contribution in [3.05, 3.63) is 40.4 Å². The van der Waals surface area contributed by atoms with Crippen LogP contribution in [0.4, 0.5) is 4.39 Å². The lowest BCUT2D eigenvalue weighted by atomic mass is 9.88. The number of amides is 2. The molecule has 0 aliphatic carbocycles. The lowest BCUT2D eigenvalue weighted by molar-refractivity contribution is -0.120. The first-order valence-electron chi connectivity index (χ1n) is 10.3. The van der Waals surface area contributed by atoms with Gasteiger partial charge in [0.1, 0.15) is 17.7 Å². The van der Waals surface area contributed by atoms with Gasteiger partial charge in [-0.05, 0) is 50.0 Å². The molecule has 1 aliphatic rings. The van der Waals surface area contributed by atoms with Gasteiger partial charge in [0.2, 0.25) is 5.91 Å². The molecule has 3 N–H and O–H groups in total. The number of hydrogen-bond acceptors (Lipinski definition) is 4. The van der Waals surface area contributed by atoms with Crippen LogP contribution in [0.3, 0.4) is 0 Å². The summed E-state index contributed by atoms with van der Waals surface area (Å²) < 4.78 is 15.7. The molecule has 2 aromatic rings. The fourth-order valence-electron chi connectivity index (χ4n) is 3.82. The Bertz CT molecular complexity index is 999. The van der Waals surface area contributed by atoms with Gasteiger partial charge < -0.3 is 20.5 Å². The molecule has 0 unspecified atom stereocenters. The molecule has 0 saturated heterocycles. The molecule has 2 heterocycles. The molecule has 31 heavy (non-hydrogen) atoms. The van der Waals surface area contributed by atoms with Crippen molar-refractivity contribution in [1.82, 2.24) is 19.8 Å². The van der Waals surface area contributed by atoms with Gasteiger partial charge in [0.05, 0.1) is 10.7 Å². The number of carbonyl (C=O) groups is 2. The molecule has 3 rings (SSSR count). The molecule has 0 bridgehead atoms. The Hall–Kier alpha value is -2.45. The van der Waals surface area contributed by atoms with E-state index in [9.17, 15) is 14.0 Å². The Morgan fingerprint density at radius 3 is 2.65 bits per heavy atom. The fraction of sp³-hybridized carbons (Fsp3) is 0.500. The van der Waals surface area contributed by atoms with Crippen molar-refractivity contribution >= 4 is 23.4 Å². The standard InChI is InChI=1S/C22H29ClFN5O2/c1-22(2,3)11-16(19(25)30)26-21(31)18-17-12-28(4)8-5-9-29(17)20(27-18)13-6-7-15(24)14(23)10-13/h6-7,10,16H,5,8-9,11-12H2,1-4H3,(H2,25,30)(H,26,31)/t16-/m0/s1. The van der Waals surface area contributed by atoms with E-state index in [-0.39, 0.29) is 16.1 Å². The van der Waals surface area contributed by atoms with Crippen molar-refractivity contribution in [1.29, 1.82) is 0 Å². The first-order chi connectivity index (χ1) is 14.5. The third-order valence-corrected chi connectivity index (χ3v) is 5.56. The second-order valence-electron chi connectivity index (χ2n) is 9.30. The van der Waals surface area contributed by atoms with Crippen LogP contribution in [0.2, 0.25) is 5.02 Å². The smallest absolute Gasteiger partial charge is 0.272 e. The second-order valence-corrected chi connectivity index (χ2v) is 9.70. The number of imidazole rings is 1. The number of primary amides is 1. The van der Waals surface area contributed by atoms with Crippen molar-refractivity contribution in [3.8, 4) is 11.4 Å². The summed E-state index contributed by atoms with van der Waals surface area (Å²) in [6.07, 6.45) is 1.28. The highest BCUT2D eigenvalue weighted by molar-refractivity contribution is 6.31. The summed E-state index contributed by atoms with van der Waals surface area (Å²) in [5.41, 5.74) is 6.95. The van der Waals surface area contributed by atoms with Gasteiger partial charge in [-0.2, -0.15) is 0 Å². The van der Waals surface area contributed by atoms with Gasteiger partial charge in [-0.15, -0.1) is 0 Å². The third-order valence-electron chi connectivity index (χ3n) is 5.27. The van der Waals surface area contributed by atoms with E-state index in [4.69, 9.17) is 17.3 Å². The average Bonchev–Trinajstić information content (AvgIpc) is 2.89. The van der Waals surface area contributed by atoms with E-state index in [0.29, 0.717) is 30.9 Å². The summed E-state index contributed by atoms with van der Waals surface area (Å²) in [4.78, 5) is 31.9. The van der Waals surface area contributed by atoms with Crippen LogP contribution in [-0.2, 0) is 17.9 Å². The highest BCUT2D eigenvalue weighted by atomic mass is 35.5. The Labute approximate surface area is 186 Å². The number of aromatic nitrogens is 2. The summed E-state index contributed by atoms with van der Waals surface area (Å²) in [6, 6.07) is 3.58. The summed E-state index contributed by atoms with van der Waals surface area (Å²) in [6.45, 7) is 7.96. The Kier molecular flexibility index (Phi) is 6.71. The first kappa shape index (κ1) is 23.2. The molecule has 0 radical (unpaired) electrons. The molecular formula is C22H29ClFN5O2. The topological polar surface area (TPSA) is 93.2 Å². The Balaban J connectivity index is 2.03. The lowest BCUT2D eigenvalue weighted by Gasteiger charge is -2.24. The van der Waals surface area contributed by atoms with E-state index in [1.165, 1.54) is 12.1 Å². The van der Waals surface area contributed by atoms with Crippen molar-refractivity contribution in [3.63, 3.8) is 0 Å². The second kappa shape index (κ2) is 8.96. The van der Waals surface area contributed by atoms with E-state index in [1.807, 2.05) is 32.4 Å². The number of hydrogen-bond donors (Lipinski definition) is 2. The van der Waals surface area contributed by atoms with Gasteiger partial charge >= 0.3 is 0 Å². The number of rotatable bonds is 5. The molecule has 7 nitrogen and oxygen atoms in total. The minimum Gasteiger partial charge on any atom is -0.368 e. The molecule has 0 fully saturated rings. The molecule has 0 spiro atoms. The molecule has 2 amide bonds. The van der Waals surface area contributed by atoms with Crippen LogP contribution in [0.15, 0.2) is 18.2 Å². The van der Waals surface area contributed by atoms with Gasteiger partial charge in [-0.25, -0.2) is 9.37 Å². The summed E-state index contributed by atoms with van der Waals surface area (Å²) in [5, 5.41) is 2.76. The van der Waals surface area contributed by atoms with E-state index in [0.717, 1.165) is 18.7 Å².